The van der Waals surface area contributed by atoms with Crippen molar-refractivity contribution < 1.29 is 22.4 Å². The number of rotatable bonds is 5. The molecule has 0 spiro atoms. The van der Waals surface area contributed by atoms with Crippen LogP contribution in [0, 0.1) is 11.8 Å². The zero-order chi connectivity index (χ0) is 20.8. The van der Waals surface area contributed by atoms with E-state index in [-0.39, 0.29) is 18.1 Å². The first-order chi connectivity index (χ1) is 13.1. The molecule has 0 saturated heterocycles. The largest absolute Gasteiger partial charge is 0.462 e. The van der Waals surface area contributed by atoms with E-state index in [9.17, 15) is 18.0 Å². The fourth-order valence-corrected chi connectivity index (χ4v) is 7.79. The van der Waals surface area contributed by atoms with E-state index in [1.165, 1.54) is 0 Å². The van der Waals surface area contributed by atoms with Gasteiger partial charge in [0, 0.05) is 13.0 Å². The van der Waals surface area contributed by atoms with E-state index < -0.39 is 20.3 Å². The Labute approximate surface area is 164 Å². The Morgan fingerprint density at radius 2 is 1.39 bits per heavy atom. The summed E-state index contributed by atoms with van der Waals surface area (Å²) < 4.78 is 43.3. The number of Topliss-reactive ketones (excluding diaryl/α,β-unsaturated/α-hetero) is 1. The molecular formula is C22H23F3O2Si. The molecule has 0 aliphatic rings. The summed E-state index contributed by atoms with van der Waals surface area (Å²) in [6.07, 6.45) is -4.88. The Balaban J connectivity index is 2.35. The predicted octanol–water partition coefficient (Wildman–Crippen LogP) is 4.09. The van der Waals surface area contributed by atoms with Gasteiger partial charge in [0.1, 0.15) is 0 Å². The number of halogens is 3. The molecule has 0 atom stereocenters. The zero-order valence-corrected chi connectivity index (χ0v) is 17.1. The summed E-state index contributed by atoms with van der Waals surface area (Å²) in [5.41, 5.74) is 0. The molecule has 0 radical (unpaired) electrons. The van der Waals surface area contributed by atoms with Gasteiger partial charge >= 0.3 is 12.0 Å². The number of carbonyl (C=O) groups is 1. The second kappa shape index (κ2) is 8.76. The van der Waals surface area contributed by atoms with Gasteiger partial charge in [0.05, 0.1) is 0 Å². The third kappa shape index (κ3) is 4.92. The second-order valence-electron chi connectivity index (χ2n) is 7.39. The normalized spacial score (nSPS) is 12.2. The summed E-state index contributed by atoms with van der Waals surface area (Å²) in [5.74, 6) is 1.92. The number of hydrogen-bond donors (Lipinski definition) is 0. The van der Waals surface area contributed by atoms with E-state index in [0.29, 0.717) is 0 Å². The lowest BCUT2D eigenvalue weighted by atomic mass is 10.2. The Morgan fingerprint density at radius 3 is 1.79 bits per heavy atom. The minimum atomic E-state index is -4.92. The van der Waals surface area contributed by atoms with E-state index >= 15 is 0 Å². The van der Waals surface area contributed by atoms with Crippen LogP contribution < -0.4 is 10.4 Å². The van der Waals surface area contributed by atoms with Crippen molar-refractivity contribution >= 4 is 24.5 Å². The van der Waals surface area contributed by atoms with Gasteiger partial charge in [0.15, 0.2) is 0 Å². The van der Waals surface area contributed by atoms with Gasteiger partial charge in [0.2, 0.25) is 0 Å². The fourth-order valence-electron chi connectivity index (χ4n) is 3.23. The molecule has 0 aliphatic carbocycles. The molecule has 2 rings (SSSR count). The molecule has 0 fully saturated rings. The number of hydrogen-bond acceptors (Lipinski definition) is 2. The van der Waals surface area contributed by atoms with Crippen molar-refractivity contribution in [2.24, 2.45) is 0 Å². The smallest absolute Gasteiger partial charge is 0.406 e. The monoisotopic (exact) mass is 404 g/mol. The molecule has 0 aliphatic heterocycles. The minimum absolute atomic E-state index is 0.0479. The molecule has 148 valence electrons. The van der Waals surface area contributed by atoms with Crippen LogP contribution in [0.25, 0.3) is 0 Å². The minimum Gasteiger partial charge on any atom is -0.406 e. The highest BCUT2D eigenvalue weighted by Crippen LogP contribution is 2.36. The molecular weight excluding hydrogens is 381 g/mol. The number of alkyl halides is 3. The highest BCUT2D eigenvalue weighted by Gasteiger charge is 2.49. The maximum absolute atomic E-state index is 12.3. The quantitative estimate of drug-likeness (QED) is 0.325. The van der Waals surface area contributed by atoms with Crippen LogP contribution in [0.15, 0.2) is 60.7 Å². The van der Waals surface area contributed by atoms with E-state index in [1.807, 2.05) is 60.7 Å². The average Bonchev–Trinajstić information content (AvgIpc) is 2.64. The molecule has 0 aromatic heterocycles. The highest BCUT2D eigenvalue weighted by atomic mass is 28.4. The van der Waals surface area contributed by atoms with Crippen molar-refractivity contribution in [3.8, 4) is 11.8 Å². The zero-order valence-electron chi connectivity index (χ0n) is 16.1. The molecule has 0 N–H and O–H groups in total. The standard InChI is InChI=1S/C22H23F3O2Si/c1-21(2,3)28(18-12-6-4-7-13-18,19-14-8-5-9-15-19)27-17-11-10-16-20(26)22(23,24)25/h4-9,12-15H,11,17H2,1-3H3. The Morgan fingerprint density at radius 1 is 0.929 bits per heavy atom. The van der Waals surface area contributed by atoms with Crippen LogP contribution in [0.3, 0.4) is 0 Å². The van der Waals surface area contributed by atoms with Gasteiger partial charge < -0.3 is 4.43 Å². The third-order valence-corrected chi connectivity index (χ3v) is 9.46. The van der Waals surface area contributed by atoms with Gasteiger partial charge in [0.25, 0.3) is 8.32 Å². The van der Waals surface area contributed by atoms with Crippen molar-refractivity contribution in [1.29, 1.82) is 0 Å². The summed E-state index contributed by atoms with van der Waals surface area (Å²) >= 11 is 0. The van der Waals surface area contributed by atoms with Crippen molar-refractivity contribution in [3.05, 3.63) is 60.7 Å². The molecule has 28 heavy (non-hydrogen) atoms. The van der Waals surface area contributed by atoms with Crippen molar-refractivity contribution in [2.75, 3.05) is 6.61 Å². The van der Waals surface area contributed by atoms with Gasteiger partial charge in [-0.1, -0.05) is 87.4 Å². The first kappa shape index (κ1) is 21.9. The second-order valence-corrected chi connectivity index (χ2v) is 11.7. The maximum Gasteiger partial charge on any atom is 0.462 e. The van der Waals surface area contributed by atoms with Crippen LogP contribution in [0.1, 0.15) is 27.2 Å². The summed E-state index contributed by atoms with van der Waals surface area (Å²) in [6, 6.07) is 19.8. The molecule has 0 bridgehead atoms. The van der Waals surface area contributed by atoms with Gasteiger partial charge in [-0.15, -0.1) is 0 Å². The predicted molar refractivity (Wildman–Crippen MR) is 107 cm³/mol. The Bertz CT molecular complexity index is 805. The number of ketones is 1. The lowest BCUT2D eigenvalue weighted by molar-refractivity contribution is -0.164. The SMILES string of the molecule is CC(C)(C)[Si](OCCC#CC(=O)C(F)(F)F)(c1ccccc1)c1ccccc1. The molecule has 0 unspecified atom stereocenters. The molecule has 2 aromatic carbocycles. The van der Waals surface area contributed by atoms with Crippen LogP contribution in [0.4, 0.5) is 13.2 Å². The van der Waals surface area contributed by atoms with Gasteiger partial charge in [-0.3, -0.25) is 4.79 Å². The fraction of sp³-hybridized carbons (Fsp3) is 0.318. The van der Waals surface area contributed by atoms with Gasteiger partial charge in [-0.05, 0) is 21.3 Å². The van der Waals surface area contributed by atoms with Crippen LogP contribution in [-0.4, -0.2) is 26.9 Å². The van der Waals surface area contributed by atoms with Crippen molar-refractivity contribution in [1.82, 2.24) is 0 Å². The third-order valence-electron chi connectivity index (χ3n) is 4.42. The van der Waals surface area contributed by atoms with Crippen LogP contribution in [0.5, 0.6) is 0 Å². The van der Waals surface area contributed by atoms with Crippen LogP contribution in [0.2, 0.25) is 5.04 Å². The Hall–Kier alpha value is -2.36. The summed E-state index contributed by atoms with van der Waals surface area (Å²) in [4.78, 5) is 10.9. The Kier molecular flexibility index (Phi) is 6.86. The van der Waals surface area contributed by atoms with Gasteiger partial charge in [-0.2, -0.15) is 13.2 Å². The lowest BCUT2D eigenvalue weighted by Gasteiger charge is -2.43. The number of carbonyl (C=O) groups excluding carboxylic acids is 1. The van der Waals surface area contributed by atoms with E-state index in [0.717, 1.165) is 10.4 Å². The first-order valence-electron chi connectivity index (χ1n) is 8.94. The molecule has 6 heteroatoms. The molecule has 0 saturated carbocycles. The van der Waals surface area contributed by atoms with E-state index in [1.54, 1.807) is 5.92 Å². The maximum atomic E-state index is 12.3. The molecule has 2 nitrogen and oxygen atoms in total. The van der Waals surface area contributed by atoms with Crippen LogP contribution in [-0.2, 0) is 9.22 Å². The lowest BCUT2D eigenvalue weighted by Crippen LogP contribution is -2.66. The van der Waals surface area contributed by atoms with Gasteiger partial charge in [-0.25, -0.2) is 0 Å². The highest BCUT2D eigenvalue weighted by molar-refractivity contribution is 6.99. The van der Waals surface area contributed by atoms with Crippen molar-refractivity contribution in [3.63, 3.8) is 0 Å². The van der Waals surface area contributed by atoms with Crippen LogP contribution >= 0.6 is 0 Å². The first-order valence-corrected chi connectivity index (χ1v) is 10.8. The average molecular weight is 405 g/mol. The number of benzene rings is 2. The topological polar surface area (TPSA) is 26.3 Å². The summed E-state index contributed by atoms with van der Waals surface area (Å²) in [6.45, 7) is 6.47. The molecule has 0 amide bonds. The van der Waals surface area contributed by atoms with E-state index in [2.05, 4.69) is 26.7 Å². The molecule has 0 heterocycles. The summed E-state index contributed by atoms with van der Waals surface area (Å²) in [5, 5.41) is 1.92. The summed E-state index contributed by atoms with van der Waals surface area (Å²) in [7, 11) is -2.74. The molecule has 2 aromatic rings. The van der Waals surface area contributed by atoms with Crippen molar-refractivity contribution in [2.45, 2.75) is 38.4 Å². The van der Waals surface area contributed by atoms with E-state index in [4.69, 9.17) is 4.43 Å².